The Kier molecular flexibility index (Phi) is 3.60. The monoisotopic (exact) mass is 265 g/mol. The van der Waals surface area contributed by atoms with Crippen molar-refractivity contribution in [1.29, 1.82) is 0 Å². The van der Waals surface area contributed by atoms with Crippen LogP contribution in [-0.4, -0.2) is 22.5 Å². The summed E-state index contributed by atoms with van der Waals surface area (Å²) in [4.78, 5) is 21.3. The maximum Gasteiger partial charge on any atom is 0.433 e. The van der Waals surface area contributed by atoms with E-state index in [-0.39, 0.29) is 5.76 Å². The summed E-state index contributed by atoms with van der Waals surface area (Å²) in [5, 5.41) is 16.7. The Labute approximate surface area is 107 Å². The normalized spacial score (nSPS) is 10.4. The Morgan fingerprint density at radius 2 is 2.32 bits per heavy atom. The molecule has 2 aromatic heterocycles. The van der Waals surface area contributed by atoms with Crippen LogP contribution >= 0.6 is 0 Å². The predicted octanol–water partition coefficient (Wildman–Crippen LogP) is 1.46. The topological polar surface area (TPSA) is 111 Å². The number of hydrogen-bond acceptors (Lipinski definition) is 6. The van der Waals surface area contributed by atoms with Crippen LogP contribution in [0.3, 0.4) is 0 Å². The zero-order valence-corrected chi connectivity index (χ0v) is 10.1. The summed E-state index contributed by atoms with van der Waals surface area (Å²) in [6, 6.07) is 4.16. The van der Waals surface area contributed by atoms with Crippen molar-refractivity contribution in [3.8, 4) is 0 Å². The minimum absolute atomic E-state index is 0.0968. The first kappa shape index (κ1) is 12.8. The minimum Gasteiger partial charge on any atom is -0.395 e. The fourth-order valence-electron chi connectivity index (χ4n) is 1.47. The molecule has 8 nitrogen and oxygen atoms in total. The van der Waals surface area contributed by atoms with Crippen molar-refractivity contribution in [1.82, 2.24) is 10.5 Å². The van der Waals surface area contributed by atoms with E-state index in [1.54, 1.807) is 13.0 Å². The summed E-state index contributed by atoms with van der Waals surface area (Å²) in [6.07, 6.45) is 0.482. The maximum atomic E-state index is 11.6. The number of rotatable bonds is 5. The van der Waals surface area contributed by atoms with E-state index in [0.717, 1.165) is 11.8 Å². The van der Waals surface area contributed by atoms with E-state index >= 15 is 0 Å². The van der Waals surface area contributed by atoms with Gasteiger partial charge < -0.3 is 14.3 Å². The minimum atomic E-state index is -0.700. The van der Waals surface area contributed by atoms with Crippen LogP contribution in [-0.2, 0) is 6.42 Å². The predicted molar refractivity (Wildman–Crippen MR) is 62.6 cm³/mol. The first-order valence-corrected chi connectivity index (χ1v) is 5.51. The SMILES string of the molecule is Cc1cc(CCNC(=O)c2ccc([N+](=O)[O-])o2)on1. The summed E-state index contributed by atoms with van der Waals surface area (Å²) in [5.74, 6) is -0.413. The number of amides is 1. The molecule has 0 radical (unpaired) electrons. The van der Waals surface area contributed by atoms with E-state index in [2.05, 4.69) is 10.5 Å². The van der Waals surface area contributed by atoms with Crippen LogP contribution in [0.5, 0.6) is 0 Å². The van der Waals surface area contributed by atoms with Gasteiger partial charge in [0.1, 0.15) is 10.7 Å². The van der Waals surface area contributed by atoms with Crippen molar-refractivity contribution in [3.05, 3.63) is 45.5 Å². The van der Waals surface area contributed by atoms with Crippen molar-refractivity contribution in [2.24, 2.45) is 0 Å². The van der Waals surface area contributed by atoms with Crippen molar-refractivity contribution < 1.29 is 18.7 Å². The quantitative estimate of drug-likeness (QED) is 0.647. The van der Waals surface area contributed by atoms with Gasteiger partial charge in [-0.05, 0) is 13.0 Å². The van der Waals surface area contributed by atoms with Gasteiger partial charge in [-0.25, -0.2) is 0 Å². The molecule has 19 heavy (non-hydrogen) atoms. The van der Waals surface area contributed by atoms with Crippen LogP contribution in [0.25, 0.3) is 0 Å². The molecule has 0 aliphatic heterocycles. The molecule has 0 spiro atoms. The molecule has 0 atom stereocenters. The molecule has 0 fully saturated rings. The van der Waals surface area contributed by atoms with Gasteiger partial charge in [0.05, 0.1) is 11.8 Å². The maximum absolute atomic E-state index is 11.6. The number of nitrogens with one attached hydrogen (secondary N) is 1. The molecule has 2 aromatic rings. The molecule has 2 heterocycles. The van der Waals surface area contributed by atoms with E-state index in [1.807, 2.05) is 0 Å². The standard InChI is InChI=1S/C11H11N3O5/c1-7-6-8(19-13-7)4-5-12-11(15)9-2-3-10(18-9)14(16)17/h2-3,6H,4-5H2,1H3,(H,12,15). The number of carbonyl (C=O) groups excluding carboxylic acids is 1. The van der Waals surface area contributed by atoms with Gasteiger partial charge in [0, 0.05) is 19.0 Å². The van der Waals surface area contributed by atoms with Gasteiger partial charge in [0.2, 0.25) is 0 Å². The molecule has 1 N–H and O–H groups in total. The Balaban J connectivity index is 1.85. The van der Waals surface area contributed by atoms with Crippen molar-refractivity contribution in [2.45, 2.75) is 13.3 Å². The summed E-state index contributed by atoms with van der Waals surface area (Å²) >= 11 is 0. The van der Waals surface area contributed by atoms with Crippen LogP contribution < -0.4 is 5.32 Å². The molecule has 0 saturated heterocycles. The second-order valence-corrected chi connectivity index (χ2v) is 3.84. The molecule has 0 aliphatic carbocycles. The third-order valence-corrected chi connectivity index (χ3v) is 2.33. The number of hydrogen-bond donors (Lipinski definition) is 1. The highest BCUT2D eigenvalue weighted by Gasteiger charge is 2.16. The molecule has 0 saturated carbocycles. The Hall–Kier alpha value is -2.64. The Bertz CT molecular complexity index is 601. The summed E-state index contributed by atoms with van der Waals surface area (Å²) in [5.41, 5.74) is 0.767. The van der Waals surface area contributed by atoms with E-state index in [1.165, 1.54) is 6.07 Å². The van der Waals surface area contributed by atoms with Crippen molar-refractivity contribution >= 4 is 11.8 Å². The lowest BCUT2D eigenvalue weighted by molar-refractivity contribution is -0.402. The molecule has 8 heteroatoms. The van der Waals surface area contributed by atoms with Crippen molar-refractivity contribution in [2.75, 3.05) is 6.54 Å². The Morgan fingerprint density at radius 1 is 1.53 bits per heavy atom. The average Bonchev–Trinajstić information content (AvgIpc) is 2.98. The fraction of sp³-hybridized carbons (Fsp3) is 0.273. The molecule has 0 bridgehead atoms. The van der Waals surface area contributed by atoms with Crippen molar-refractivity contribution in [3.63, 3.8) is 0 Å². The third kappa shape index (κ3) is 3.18. The van der Waals surface area contributed by atoms with Gasteiger partial charge in [-0.15, -0.1) is 0 Å². The fourth-order valence-corrected chi connectivity index (χ4v) is 1.47. The van der Waals surface area contributed by atoms with E-state index < -0.39 is 16.7 Å². The summed E-state index contributed by atoms with van der Waals surface area (Å²) in [7, 11) is 0. The summed E-state index contributed by atoms with van der Waals surface area (Å²) < 4.78 is 9.74. The van der Waals surface area contributed by atoms with Gasteiger partial charge >= 0.3 is 5.88 Å². The molecule has 2 rings (SSSR count). The largest absolute Gasteiger partial charge is 0.433 e. The molecular formula is C11H11N3O5. The third-order valence-electron chi connectivity index (χ3n) is 2.33. The summed E-state index contributed by atoms with van der Waals surface area (Å²) in [6.45, 7) is 2.12. The van der Waals surface area contributed by atoms with Gasteiger partial charge in [0.15, 0.2) is 5.76 Å². The highest BCUT2D eigenvalue weighted by molar-refractivity contribution is 5.91. The van der Waals surface area contributed by atoms with Crippen LogP contribution in [0.15, 0.2) is 27.1 Å². The van der Waals surface area contributed by atoms with E-state index in [4.69, 9.17) is 8.94 Å². The van der Waals surface area contributed by atoms with E-state index in [0.29, 0.717) is 18.7 Å². The Morgan fingerprint density at radius 3 is 2.89 bits per heavy atom. The second-order valence-electron chi connectivity index (χ2n) is 3.84. The highest BCUT2D eigenvalue weighted by Crippen LogP contribution is 2.15. The molecule has 100 valence electrons. The molecule has 0 aromatic carbocycles. The number of nitrogens with zero attached hydrogens (tertiary/aromatic N) is 2. The lowest BCUT2D eigenvalue weighted by Gasteiger charge is -1.99. The zero-order valence-electron chi connectivity index (χ0n) is 10.1. The molecule has 0 unspecified atom stereocenters. The molecule has 1 amide bonds. The highest BCUT2D eigenvalue weighted by atomic mass is 16.6. The smallest absolute Gasteiger partial charge is 0.395 e. The molecular weight excluding hydrogens is 254 g/mol. The number of furan rings is 1. The first-order valence-electron chi connectivity index (χ1n) is 5.51. The van der Waals surface area contributed by atoms with Crippen LogP contribution in [0.1, 0.15) is 22.0 Å². The lowest BCUT2D eigenvalue weighted by Crippen LogP contribution is -2.25. The zero-order chi connectivity index (χ0) is 13.8. The number of carbonyl (C=O) groups is 1. The number of aryl methyl sites for hydroxylation is 1. The number of nitro groups is 1. The molecule has 0 aliphatic rings. The van der Waals surface area contributed by atoms with Gasteiger partial charge in [0.25, 0.3) is 5.91 Å². The van der Waals surface area contributed by atoms with Gasteiger partial charge in [-0.3, -0.25) is 14.9 Å². The van der Waals surface area contributed by atoms with Crippen LogP contribution in [0.4, 0.5) is 5.88 Å². The second kappa shape index (κ2) is 5.34. The lowest BCUT2D eigenvalue weighted by atomic mass is 10.3. The average molecular weight is 265 g/mol. The van der Waals surface area contributed by atoms with Crippen LogP contribution in [0, 0.1) is 17.0 Å². The van der Waals surface area contributed by atoms with Crippen LogP contribution in [0.2, 0.25) is 0 Å². The first-order chi connectivity index (χ1) is 9.06. The number of aromatic nitrogens is 1. The van der Waals surface area contributed by atoms with Gasteiger partial charge in [-0.1, -0.05) is 5.16 Å². The van der Waals surface area contributed by atoms with Gasteiger partial charge in [-0.2, -0.15) is 0 Å². The van der Waals surface area contributed by atoms with E-state index in [9.17, 15) is 14.9 Å².